The molecule has 0 aliphatic heterocycles. The largest absolute Gasteiger partial charge is 0.504 e. The third-order valence-corrected chi connectivity index (χ3v) is 7.04. The second-order valence-electron chi connectivity index (χ2n) is 10.2. The zero-order chi connectivity index (χ0) is 25.3. The van der Waals surface area contributed by atoms with Crippen LogP contribution in [-0.4, -0.2) is 59.0 Å². The van der Waals surface area contributed by atoms with E-state index in [-0.39, 0.29) is 17.6 Å². The molecule has 0 radical (unpaired) electrons. The number of nitrogens with one attached hydrogen (secondary N) is 2. The predicted molar refractivity (Wildman–Crippen MR) is 131 cm³/mol. The standard InChI is InChI=1S/C26H42N2O6/c1-17(21(29)14-18-8-6-5-7-9-18)28-25(33)20(16-24(31)32)27-13-12-26(2,3)19-10-11-23(34-4)22(30)15-19/h10-11,15,17-18,20-21,27,29-30H,5-9,12-14,16H2,1-4H3,(H,28,33)(H,31,32)/t17?,20-,21?/m0/s1. The van der Waals surface area contributed by atoms with E-state index in [0.717, 1.165) is 18.4 Å². The minimum absolute atomic E-state index is 0.0601. The third kappa shape index (κ3) is 8.47. The number of aliphatic carboxylic acids is 1. The van der Waals surface area contributed by atoms with Gasteiger partial charge in [-0.3, -0.25) is 9.59 Å². The van der Waals surface area contributed by atoms with Gasteiger partial charge in [0.2, 0.25) is 5.91 Å². The molecule has 1 amide bonds. The number of rotatable bonds is 13. The molecule has 2 unspecified atom stereocenters. The third-order valence-electron chi connectivity index (χ3n) is 7.04. The topological polar surface area (TPSA) is 128 Å². The summed E-state index contributed by atoms with van der Waals surface area (Å²) < 4.78 is 5.10. The summed E-state index contributed by atoms with van der Waals surface area (Å²) in [5, 5.41) is 35.9. The molecule has 1 saturated carbocycles. The molecule has 0 saturated heterocycles. The minimum Gasteiger partial charge on any atom is -0.504 e. The first-order valence-corrected chi connectivity index (χ1v) is 12.3. The average Bonchev–Trinajstić information content (AvgIpc) is 2.78. The molecule has 8 nitrogen and oxygen atoms in total. The van der Waals surface area contributed by atoms with Crippen molar-refractivity contribution in [1.82, 2.24) is 10.6 Å². The molecule has 1 aromatic rings. The predicted octanol–water partition coefficient (Wildman–Crippen LogP) is 3.34. The number of carbonyl (C=O) groups is 2. The number of aliphatic hydroxyl groups excluding tert-OH is 1. The van der Waals surface area contributed by atoms with Gasteiger partial charge in [0, 0.05) is 0 Å². The maximum Gasteiger partial charge on any atom is 0.305 e. The van der Waals surface area contributed by atoms with Crippen molar-refractivity contribution >= 4 is 11.9 Å². The van der Waals surface area contributed by atoms with E-state index in [9.17, 15) is 24.9 Å². The molecule has 5 N–H and O–H groups in total. The molecule has 34 heavy (non-hydrogen) atoms. The molecule has 1 aliphatic rings. The molecule has 2 rings (SSSR count). The number of aromatic hydroxyl groups is 1. The van der Waals surface area contributed by atoms with Crippen molar-refractivity contribution in [2.45, 2.75) is 95.7 Å². The summed E-state index contributed by atoms with van der Waals surface area (Å²) in [6.07, 6.45) is 6.12. The van der Waals surface area contributed by atoms with Gasteiger partial charge in [0.1, 0.15) is 0 Å². The van der Waals surface area contributed by atoms with Crippen molar-refractivity contribution in [3.8, 4) is 11.5 Å². The minimum atomic E-state index is -1.07. The van der Waals surface area contributed by atoms with Crippen molar-refractivity contribution in [2.24, 2.45) is 5.92 Å². The monoisotopic (exact) mass is 478 g/mol. The van der Waals surface area contributed by atoms with Crippen LogP contribution in [0.1, 0.15) is 77.7 Å². The average molecular weight is 479 g/mol. The first kappa shape index (κ1) is 27.9. The van der Waals surface area contributed by atoms with Crippen LogP contribution in [0.3, 0.4) is 0 Å². The molecule has 1 fully saturated rings. The Bertz CT molecular complexity index is 806. The Kier molecular flexibility index (Phi) is 10.6. The van der Waals surface area contributed by atoms with Crippen LogP contribution in [0.4, 0.5) is 0 Å². The molecule has 0 bridgehead atoms. The van der Waals surface area contributed by atoms with Crippen LogP contribution in [0.15, 0.2) is 18.2 Å². The summed E-state index contributed by atoms with van der Waals surface area (Å²) in [6.45, 7) is 6.21. The highest BCUT2D eigenvalue weighted by Crippen LogP contribution is 2.34. The molecule has 8 heteroatoms. The van der Waals surface area contributed by atoms with Gasteiger partial charge in [-0.05, 0) is 55.3 Å². The zero-order valence-corrected chi connectivity index (χ0v) is 21.0. The number of aliphatic hydroxyl groups is 1. The van der Waals surface area contributed by atoms with Crippen molar-refractivity contribution in [3.05, 3.63) is 23.8 Å². The van der Waals surface area contributed by atoms with Gasteiger partial charge in [-0.2, -0.15) is 0 Å². The number of phenolic OH excluding ortho intramolecular Hbond substituents is 1. The maximum absolute atomic E-state index is 12.8. The molecule has 192 valence electrons. The quantitative estimate of drug-likeness (QED) is 0.294. The summed E-state index contributed by atoms with van der Waals surface area (Å²) in [4.78, 5) is 24.2. The van der Waals surface area contributed by atoms with Crippen LogP contribution in [0.2, 0.25) is 0 Å². The Morgan fingerprint density at radius 3 is 2.47 bits per heavy atom. The Balaban J connectivity index is 1.91. The van der Waals surface area contributed by atoms with E-state index in [1.54, 1.807) is 19.1 Å². The van der Waals surface area contributed by atoms with Gasteiger partial charge in [-0.25, -0.2) is 0 Å². The number of benzene rings is 1. The van der Waals surface area contributed by atoms with E-state index >= 15 is 0 Å². The van der Waals surface area contributed by atoms with E-state index in [0.29, 0.717) is 31.1 Å². The van der Waals surface area contributed by atoms with Crippen LogP contribution in [0.5, 0.6) is 11.5 Å². The Morgan fingerprint density at radius 2 is 1.88 bits per heavy atom. The normalized spacial score (nSPS) is 17.6. The number of carboxylic acids is 1. The summed E-state index contributed by atoms with van der Waals surface area (Å²) in [5.41, 5.74) is 0.580. The van der Waals surface area contributed by atoms with E-state index in [4.69, 9.17) is 4.74 Å². The Labute approximate surface area is 203 Å². The van der Waals surface area contributed by atoms with E-state index in [2.05, 4.69) is 10.6 Å². The van der Waals surface area contributed by atoms with Crippen LogP contribution in [0.25, 0.3) is 0 Å². The molecule has 1 aliphatic carbocycles. The first-order chi connectivity index (χ1) is 16.0. The van der Waals surface area contributed by atoms with Crippen molar-refractivity contribution < 1.29 is 29.6 Å². The Hall–Kier alpha value is -2.32. The number of ether oxygens (including phenoxy) is 1. The molecule has 0 aromatic heterocycles. The first-order valence-electron chi connectivity index (χ1n) is 12.3. The lowest BCUT2D eigenvalue weighted by molar-refractivity contribution is -0.140. The molecule has 0 spiro atoms. The van der Waals surface area contributed by atoms with Crippen LogP contribution >= 0.6 is 0 Å². The summed E-state index contributed by atoms with van der Waals surface area (Å²) in [5.74, 6) is -0.545. The van der Waals surface area contributed by atoms with Gasteiger partial charge >= 0.3 is 5.97 Å². The SMILES string of the molecule is COc1ccc(C(C)(C)CCN[C@@H](CC(=O)O)C(=O)NC(C)C(O)CC2CCCCC2)cc1O. The van der Waals surface area contributed by atoms with Gasteiger partial charge in [0.05, 0.1) is 31.7 Å². The van der Waals surface area contributed by atoms with Gasteiger partial charge in [-0.15, -0.1) is 0 Å². The number of methoxy groups -OCH3 is 1. The van der Waals surface area contributed by atoms with Gasteiger partial charge in [-0.1, -0.05) is 52.0 Å². The van der Waals surface area contributed by atoms with Crippen LogP contribution < -0.4 is 15.4 Å². The van der Waals surface area contributed by atoms with Gasteiger partial charge in [0.25, 0.3) is 0 Å². The van der Waals surface area contributed by atoms with Crippen molar-refractivity contribution in [1.29, 1.82) is 0 Å². The van der Waals surface area contributed by atoms with Crippen molar-refractivity contribution in [3.63, 3.8) is 0 Å². The fraction of sp³-hybridized carbons (Fsp3) is 0.692. The fourth-order valence-electron chi connectivity index (χ4n) is 4.64. The zero-order valence-electron chi connectivity index (χ0n) is 21.0. The van der Waals surface area contributed by atoms with Gasteiger partial charge < -0.3 is 30.7 Å². The highest BCUT2D eigenvalue weighted by molar-refractivity contribution is 5.86. The van der Waals surface area contributed by atoms with Crippen LogP contribution in [0, 0.1) is 5.92 Å². The highest BCUT2D eigenvalue weighted by Gasteiger charge is 2.28. The molecule has 3 atom stereocenters. The Morgan fingerprint density at radius 1 is 1.21 bits per heavy atom. The number of carboxylic acid groups (broad SMARTS) is 1. The van der Waals surface area contributed by atoms with Crippen LogP contribution in [-0.2, 0) is 15.0 Å². The summed E-state index contributed by atoms with van der Waals surface area (Å²) in [7, 11) is 1.49. The number of carbonyl (C=O) groups excluding carboxylic acids is 1. The van der Waals surface area contributed by atoms with Crippen molar-refractivity contribution in [2.75, 3.05) is 13.7 Å². The molecule has 0 heterocycles. The maximum atomic E-state index is 12.8. The fourth-order valence-corrected chi connectivity index (χ4v) is 4.64. The molecular formula is C26H42N2O6. The number of amides is 1. The summed E-state index contributed by atoms with van der Waals surface area (Å²) >= 11 is 0. The lowest BCUT2D eigenvalue weighted by Gasteiger charge is -2.29. The van der Waals surface area contributed by atoms with Gasteiger partial charge in [0.15, 0.2) is 11.5 Å². The van der Waals surface area contributed by atoms with E-state index < -0.39 is 30.1 Å². The second kappa shape index (κ2) is 13.0. The number of hydrogen-bond donors (Lipinski definition) is 5. The number of hydrogen-bond acceptors (Lipinski definition) is 6. The molecular weight excluding hydrogens is 436 g/mol. The summed E-state index contributed by atoms with van der Waals surface area (Å²) in [6, 6.07) is 3.90. The smallest absolute Gasteiger partial charge is 0.305 e. The second-order valence-corrected chi connectivity index (χ2v) is 10.2. The van der Waals surface area contributed by atoms with E-state index in [1.807, 2.05) is 19.9 Å². The molecule has 1 aromatic carbocycles. The number of phenols is 1. The highest BCUT2D eigenvalue weighted by atomic mass is 16.5. The lowest BCUT2D eigenvalue weighted by atomic mass is 9.81. The lowest BCUT2D eigenvalue weighted by Crippen LogP contribution is -2.51. The van der Waals surface area contributed by atoms with E-state index in [1.165, 1.54) is 26.4 Å².